The van der Waals surface area contributed by atoms with Crippen LogP contribution >= 0.6 is 0 Å². The van der Waals surface area contributed by atoms with Crippen molar-refractivity contribution in [1.29, 1.82) is 0 Å². The normalized spacial score (nSPS) is 10.6. The molecule has 1 heterocycles. The summed E-state index contributed by atoms with van der Waals surface area (Å²) in [7, 11) is 0. The number of hydrogen-bond donors (Lipinski definition) is 1. The third-order valence-corrected chi connectivity index (χ3v) is 2.24. The zero-order chi connectivity index (χ0) is 10.8. The molecule has 0 amide bonds. The number of rotatable bonds is 2. The average Bonchev–Trinajstić information content (AvgIpc) is 2.60. The molecule has 0 bridgehead atoms. The molecule has 2 aromatic rings. The fourth-order valence-corrected chi connectivity index (χ4v) is 1.40. The molecule has 2 rings (SSSR count). The van der Waals surface area contributed by atoms with Crippen LogP contribution in [0.3, 0.4) is 0 Å². The van der Waals surface area contributed by atoms with Crippen molar-refractivity contribution in [3.8, 4) is 5.69 Å². The second kappa shape index (κ2) is 3.82. The number of aromatic nitrogens is 2. The van der Waals surface area contributed by atoms with Gasteiger partial charge in [0.05, 0.1) is 18.0 Å². The van der Waals surface area contributed by atoms with Gasteiger partial charge in [-0.1, -0.05) is 6.07 Å². The van der Waals surface area contributed by atoms with Crippen LogP contribution in [-0.4, -0.2) is 14.9 Å². The van der Waals surface area contributed by atoms with E-state index >= 15 is 0 Å². The molecule has 78 valence electrons. The van der Waals surface area contributed by atoms with Gasteiger partial charge in [0.1, 0.15) is 5.82 Å². The molecule has 0 spiro atoms. The van der Waals surface area contributed by atoms with Crippen molar-refractivity contribution in [1.82, 2.24) is 9.78 Å². The Hall–Kier alpha value is -1.68. The largest absolute Gasteiger partial charge is 0.392 e. The number of hydrogen-bond acceptors (Lipinski definition) is 2. The van der Waals surface area contributed by atoms with E-state index in [-0.39, 0.29) is 12.4 Å². The summed E-state index contributed by atoms with van der Waals surface area (Å²) in [6, 6.07) is 6.16. The molecule has 0 saturated heterocycles. The van der Waals surface area contributed by atoms with E-state index in [1.807, 2.05) is 0 Å². The van der Waals surface area contributed by atoms with Gasteiger partial charge in [-0.05, 0) is 25.1 Å². The highest BCUT2D eigenvalue weighted by atomic mass is 19.1. The Balaban J connectivity index is 2.45. The zero-order valence-corrected chi connectivity index (χ0v) is 8.31. The summed E-state index contributed by atoms with van der Waals surface area (Å²) in [5.41, 5.74) is 2.15. The van der Waals surface area contributed by atoms with Gasteiger partial charge in [0.2, 0.25) is 0 Å². The predicted octanol–water partition coefficient (Wildman–Crippen LogP) is 1.81. The summed E-state index contributed by atoms with van der Waals surface area (Å²) < 4.78 is 14.5. The van der Waals surface area contributed by atoms with E-state index in [1.165, 1.54) is 12.1 Å². The van der Waals surface area contributed by atoms with E-state index in [4.69, 9.17) is 5.11 Å². The van der Waals surface area contributed by atoms with E-state index in [0.717, 1.165) is 11.3 Å². The maximum atomic E-state index is 13.0. The lowest BCUT2D eigenvalue weighted by molar-refractivity contribution is 0.281. The highest BCUT2D eigenvalue weighted by molar-refractivity contribution is 5.33. The number of aryl methyl sites for hydroxylation is 1. The van der Waals surface area contributed by atoms with E-state index in [9.17, 15) is 4.39 Å². The Kier molecular flexibility index (Phi) is 2.51. The molecule has 0 radical (unpaired) electrons. The molecule has 0 atom stereocenters. The van der Waals surface area contributed by atoms with Crippen LogP contribution in [0, 0.1) is 12.7 Å². The van der Waals surface area contributed by atoms with E-state index < -0.39 is 0 Å². The first-order valence-corrected chi connectivity index (χ1v) is 4.62. The Morgan fingerprint density at radius 2 is 2.27 bits per heavy atom. The lowest BCUT2D eigenvalue weighted by atomic mass is 10.3. The van der Waals surface area contributed by atoms with E-state index in [1.54, 1.807) is 29.9 Å². The molecular formula is C11H11FN2O. The molecule has 3 nitrogen and oxygen atoms in total. The highest BCUT2D eigenvalue weighted by Crippen LogP contribution is 2.12. The number of halogens is 1. The van der Waals surface area contributed by atoms with E-state index in [0.29, 0.717) is 5.69 Å². The first-order valence-electron chi connectivity index (χ1n) is 4.62. The summed E-state index contributed by atoms with van der Waals surface area (Å²) in [6.07, 6.45) is 1.70. The molecule has 0 aliphatic heterocycles. The molecule has 0 fully saturated rings. The van der Waals surface area contributed by atoms with Crippen molar-refractivity contribution in [3.63, 3.8) is 0 Å². The second-order valence-electron chi connectivity index (χ2n) is 3.32. The third kappa shape index (κ3) is 1.89. The van der Waals surface area contributed by atoms with Gasteiger partial charge >= 0.3 is 0 Å². The summed E-state index contributed by atoms with van der Waals surface area (Å²) >= 11 is 0. The van der Waals surface area contributed by atoms with Crippen LogP contribution in [0.25, 0.3) is 5.69 Å². The molecule has 1 N–H and O–H groups in total. The summed E-state index contributed by atoms with van der Waals surface area (Å²) in [5, 5.41) is 13.2. The van der Waals surface area contributed by atoms with Gasteiger partial charge in [0, 0.05) is 11.8 Å². The minimum absolute atomic E-state index is 0.0544. The van der Waals surface area contributed by atoms with Crippen molar-refractivity contribution in [2.45, 2.75) is 13.5 Å². The van der Waals surface area contributed by atoms with Crippen molar-refractivity contribution in [3.05, 3.63) is 47.5 Å². The Morgan fingerprint density at radius 1 is 1.47 bits per heavy atom. The third-order valence-electron chi connectivity index (χ3n) is 2.24. The lowest BCUT2D eigenvalue weighted by Gasteiger charge is -1.99. The van der Waals surface area contributed by atoms with Crippen LogP contribution < -0.4 is 0 Å². The minimum Gasteiger partial charge on any atom is -0.392 e. The quantitative estimate of drug-likeness (QED) is 0.813. The van der Waals surface area contributed by atoms with Crippen LogP contribution in [-0.2, 0) is 6.61 Å². The molecule has 0 unspecified atom stereocenters. The summed E-state index contributed by atoms with van der Waals surface area (Å²) in [5.74, 6) is -0.300. The molecule has 0 saturated carbocycles. The molecule has 1 aromatic carbocycles. The molecule has 0 aliphatic carbocycles. The van der Waals surface area contributed by atoms with Gasteiger partial charge < -0.3 is 5.11 Å². The maximum Gasteiger partial charge on any atom is 0.125 e. The topological polar surface area (TPSA) is 38.0 Å². The van der Waals surface area contributed by atoms with Crippen molar-refractivity contribution in [2.75, 3.05) is 0 Å². The fraction of sp³-hybridized carbons (Fsp3) is 0.182. The molecule has 1 aromatic heterocycles. The molecule has 15 heavy (non-hydrogen) atoms. The average molecular weight is 206 g/mol. The number of nitrogens with zero attached hydrogens (tertiary/aromatic N) is 2. The Morgan fingerprint density at radius 3 is 2.87 bits per heavy atom. The monoisotopic (exact) mass is 206 g/mol. The Labute approximate surface area is 86.8 Å². The van der Waals surface area contributed by atoms with Crippen LogP contribution in [0.4, 0.5) is 4.39 Å². The standard InChI is InChI=1S/C11H11FN2O/c1-8-9(7-15)6-14(13-8)11-4-2-3-10(12)5-11/h2-6,15H,7H2,1H3. The van der Waals surface area contributed by atoms with Gasteiger partial charge in [-0.2, -0.15) is 5.10 Å². The van der Waals surface area contributed by atoms with E-state index in [2.05, 4.69) is 5.10 Å². The van der Waals surface area contributed by atoms with Gasteiger partial charge in [-0.3, -0.25) is 0 Å². The van der Waals surface area contributed by atoms with Gasteiger partial charge in [0.15, 0.2) is 0 Å². The van der Waals surface area contributed by atoms with Crippen molar-refractivity contribution < 1.29 is 9.50 Å². The fourth-order valence-electron chi connectivity index (χ4n) is 1.40. The highest BCUT2D eigenvalue weighted by Gasteiger charge is 2.05. The predicted molar refractivity (Wildman–Crippen MR) is 54.2 cm³/mol. The van der Waals surface area contributed by atoms with Crippen LogP contribution in [0.2, 0.25) is 0 Å². The number of aliphatic hydroxyl groups is 1. The van der Waals surface area contributed by atoms with Gasteiger partial charge in [0.25, 0.3) is 0 Å². The Bertz CT molecular complexity index is 479. The number of benzene rings is 1. The summed E-state index contributed by atoms with van der Waals surface area (Å²) in [6.45, 7) is 1.75. The molecule has 4 heteroatoms. The summed E-state index contributed by atoms with van der Waals surface area (Å²) in [4.78, 5) is 0. The van der Waals surface area contributed by atoms with Crippen molar-refractivity contribution in [2.24, 2.45) is 0 Å². The van der Waals surface area contributed by atoms with Gasteiger partial charge in [-0.15, -0.1) is 0 Å². The van der Waals surface area contributed by atoms with Crippen LogP contribution in [0.5, 0.6) is 0 Å². The molecule has 0 aliphatic rings. The SMILES string of the molecule is Cc1nn(-c2cccc(F)c2)cc1CO. The van der Waals surface area contributed by atoms with Crippen LogP contribution in [0.1, 0.15) is 11.3 Å². The first kappa shape index (κ1) is 9.86. The van der Waals surface area contributed by atoms with Crippen molar-refractivity contribution >= 4 is 0 Å². The maximum absolute atomic E-state index is 13.0. The molecular weight excluding hydrogens is 195 g/mol. The van der Waals surface area contributed by atoms with Crippen LogP contribution in [0.15, 0.2) is 30.5 Å². The minimum atomic E-state index is -0.300. The zero-order valence-electron chi connectivity index (χ0n) is 8.31. The smallest absolute Gasteiger partial charge is 0.125 e. The first-order chi connectivity index (χ1) is 7.20. The van der Waals surface area contributed by atoms with Gasteiger partial charge in [-0.25, -0.2) is 9.07 Å². The number of aliphatic hydroxyl groups excluding tert-OH is 1. The lowest BCUT2D eigenvalue weighted by Crippen LogP contribution is -1.95. The second-order valence-corrected chi connectivity index (χ2v) is 3.32.